The molecule has 8 heteroatoms. The number of anilines is 1. The molecule has 1 saturated heterocycles. The average molecular weight is 443 g/mol. The van der Waals surface area contributed by atoms with Gasteiger partial charge >= 0.3 is 0 Å². The molecule has 3 aromatic heterocycles. The standard InChI is InChI=1S/C22H26N4O2S2/c1-3-22(4-2)14-26(11-12-30(22,27)28)20-18-16-8-5-9-17(16)29-21(18)25-19(24-20)15-7-6-10-23-13-15/h6-7,10,13H,3-5,8-9,11-12,14H2,1-2H3. The highest BCUT2D eigenvalue weighted by Crippen LogP contribution is 2.43. The van der Waals surface area contributed by atoms with Crippen molar-refractivity contribution in [3.05, 3.63) is 35.0 Å². The number of sulfone groups is 1. The normalized spacial score (nSPS) is 19.9. The van der Waals surface area contributed by atoms with Gasteiger partial charge in [0.25, 0.3) is 0 Å². The first-order valence-electron chi connectivity index (χ1n) is 10.7. The van der Waals surface area contributed by atoms with Crippen molar-refractivity contribution < 1.29 is 8.42 Å². The minimum absolute atomic E-state index is 0.175. The molecule has 3 aromatic rings. The smallest absolute Gasteiger partial charge is 0.164 e. The molecule has 4 heterocycles. The number of hydrogen-bond donors (Lipinski definition) is 0. The summed E-state index contributed by atoms with van der Waals surface area (Å²) < 4.78 is 25.2. The Kier molecular flexibility index (Phi) is 4.82. The van der Waals surface area contributed by atoms with Crippen LogP contribution in [0, 0.1) is 0 Å². The number of aryl methyl sites for hydroxylation is 2. The highest BCUT2D eigenvalue weighted by Gasteiger charge is 2.46. The predicted molar refractivity (Wildman–Crippen MR) is 122 cm³/mol. The van der Waals surface area contributed by atoms with Crippen LogP contribution in [0.15, 0.2) is 24.5 Å². The maximum Gasteiger partial charge on any atom is 0.164 e. The van der Waals surface area contributed by atoms with Crippen molar-refractivity contribution in [1.29, 1.82) is 0 Å². The summed E-state index contributed by atoms with van der Waals surface area (Å²) in [7, 11) is -3.13. The predicted octanol–water partition coefficient (Wildman–Crippen LogP) is 4.04. The molecule has 5 rings (SSSR count). The molecule has 1 fully saturated rings. The molecule has 158 valence electrons. The Morgan fingerprint density at radius 3 is 2.77 bits per heavy atom. The van der Waals surface area contributed by atoms with Gasteiger partial charge in [-0.25, -0.2) is 18.4 Å². The number of aromatic nitrogens is 3. The molecule has 0 bridgehead atoms. The first-order valence-corrected chi connectivity index (χ1v) is 13.1. The molecule has 0 spiro atoms. The van der Waals surface area contributed by atoms with Gasteiger partial charge in [0.2, 0.25) is 0 Å². The van der Waals surface area contributed by atoms with Gasteiger partial charge < -0.3 is 4.90 Å². The molecule has 0 radical (unpaired) electrons. The van der Waals surface area contributed by atoms with Gasteiger partial charge in [-0.05, 0) is 49.8 Å². The summed E-state index contributed by atoms with van der Waals surface area (Å²) in [4.78, 5) is 18.8. The summed E-state index contributed by atoms with van der Waals surface area (Å²) in [5.74, 6) is 1.74. The highest BCUT2D eigenvalue weighted by atomic mass is 32.2. The van der Waals surface area contributed by atoms with Crippen LogP contribution in [0.3, 0.4) is 0 Å². The van der Waals surface area contributed by atoms with E-state index in [1.54, 1.807) is 23.7 Å². The molecule has 30 heavy (non-hydrogen) atoms. The fourth-order valence-corrected chi connectivity index (χ4v) is 8.28. The quantitative estimate of drug-likeness (QED) is 0.607. The number of hydrogen-bond acceptors (Lipinski definition) is 7. The monoisotopic (exact) mass is 442 g/mol. The topological polar surface area (TPSA) is 76.1 Å². The van der Waals surface area contributed by atoms with E-state index < -0.39 is 14.6 Å². The number of pyridine rings is 1. The van der Waals surface area contributed by atoms with E-state index in [0.29, 0.717) is 31.8 Å². The number of fused-ring (bicyclic) bond motifs is 3. The second-order valence-electron chi connectivity index (χ2n) is 8.28. The minimum Gasteiger partial charge on any atom is -0.353 e. The Labute approximate surface area is 181 Å². The summed E-state index contributed by atoms with van der Waals surface area (Å²) in [6.45, 7) is 4.95. The number of rotatable bonds is 4. The van der Waals surface area contributed by atoms with Crippen molar-refractivity contribution in [3.63, 3.8) is 0 Å². The average Bonchev–Trinajstić information content (AvgIpc) is 3.35. The zero-order chi connectivity index (χ0) is 20.9. The molecule has 0 N–H and O–H groups in total. The number of nitrogens with zero attached hydrogens (tertiary/aromatic N) is 4. The lowest BCUT2D eigenvalue weighted by atomic mass is 10.0. The van der Waals surface area contributed by atoms with E-state index in [1.165, 1.54) is 16.9 Å². The van der Waals surface area contributed by atoms with Crippen LogP contribution < -0.4 is 4.90 Å². The Bertz CT molecular complexity index is 1200. The molecule has 1 aliphatic heterocycles. The van der Waals surface area contributed by atoms with E-state index >= 15 is 0 Å². The van der Waals surface area contributed by atoms with E-state index in [4.69, 9.17) is 9.97 Å². The fourth-order valence-electron chi connectivity index (χ4n) is 4.90. The van der Waals surface area contributed by atoms with Crippen LogP contribution in [0.2, 0.25) is 0 Å². The third kappa shape index (κ3) is 2.95. The van der Waals surface area contributed by atoms with E-state index in [0.717, 1.165) is 34.4 Å². The van der Waals surface area contributed by atoms with Crippen LogP contribution in [-0.4, -0.2) is 47.0 Å². The molecular weight excluding hydrogens is 416 g/mol. The van der Waals surface area contributed by atoms with Crippen molar-refractivity contribution in [2.45, 2.75) is 50.7 Å². The SMILES string of the molecule is CCC1(CC)CN(c2nc(-c3cccnc3)nc3sc4c(c23)CCC4)CCS1(=O)=O. The molecule has 0 saturated carbocycles. The zero-order valence-electron chi connectivity index (χ0n) is 17.4. The van der Waals surface area contributed by atoms with Crippen LogP contribution in [0.25, 0.3) is 21.6 Å². The van der Waals surface area contributed by atoms with Crippen molar-refractivity contribution in [2.75, 3.05) is 23.7 Å². The summed E-state index contributed by atoms with van der Waals surface area (Å²) in [5.41, 5.74) is 2.26. The first kappa shape index (κ1) is 19.9. The van der Waals surface area contributed by atoms with E-state index in [2.05, 4.69) is 9.88 Å². The molecule has 2 aliphatic rings. The van der Waals surface area contributed by atoms with Gasteiger partial charge in [0.1, 0.15) is 10.6 Å². The van der Waals surface area contributed by atoms with E-state index in [-0.39, 0.29) is 5.75 Å². The zero-order valence-corrected chi connectivity index (χ0v) is 19.0. The Morgan fingerprint density at radius 1 is 1.20 bits per heavy atom. The lowest BCUT2D eigenvalue weighted by molar-refractivity contribution is 0.458. The van der Waals surface area contributed by atoms with Gasteiger partial charge in [0.15, 0.2) is 15.7 Å². The molecule has 0 atom stereocenters. The molecule has 0 aromatic carbocycles. The Balaban J connectivity index is 1.69. The maximum atomic E-state index is 13.0. The number of thiophene rings is 1. The summed E-state index contributed by atoms with van der Waals surface area (Å²) in [6, 6.07) is 3.87. The van der Waals surface area contributed by atoms with Gasteiger partial charge in [-0.15, -0.1) is 11.3 Å². The Morgan fingerprint density at radius 2 is 2.03 bits per heavy atom. The second-order valence-corrected chi connectivity index (χ2v) is 11.9. The van der Waals surface area contributed by atoms with Crippen LogP contribution in [0.4, 0.5) is 5.82 Å². The third-order valence-electron chi connectivity index (χ3n) is 6.82. The molecular formula is C22H26N4O2S2. The first-order chi connectivity index (χ1) is 14.5. The molecule has 0 unspecified atom stereocenters. The van der Waals surface area contributed by atoms with Crippen LogP contribution in [0.5, 0.6) is 0 Å². The molecule has 1 aliphatic carbocycles. The van der Waals surface area contributed by atoms with Crippen molar-refractivity contribution >= 4 is 37.2 Å². The summed E-state index contributed by atoms with van der Waals surface area (Å²) in [6.07, 6.45) is 8.09. The van der Waals surface area contributed by atoms with Crippen LogP contribution in [0.1, 0.15) is 43.6 Å². The van der Waals surface area contributed by atoms with Gasteiger partial charge in [0.05, 0.1) is 15.9 Å². The van der Waals surface area contributed by atoms with Crippen LogP contribution >= 0.6 is 11.3 Å². The lowest BCUT2D eigenvalue weighted by Gasteiger charge is -2.42. The Hall–Kier alpha value is -2.06. The van der Waals surface area contributed by atoms with Gasteiger partial charge in [-0.2, -0.15) is 0 Å². The lowest BCUT2D eigenvalue weighted by Crippen LogP contribution is -2.56. The molecule has 0 amide bonds. The minimum atomic E-state index is -3.13. The largest absolute Gasteiger partial charge is 0.353 e. The van der Waals surface area contributed by atoms with Crippen molar-refractivity contribution in [1.82, 2.24) is 15.0 Å². The van der Waals surface area contributed by atoms with Gasteiger partial charge in [-0.3, -0.25) is 4.98 Å². The second kappa shape index (κ2) is 7.27. The third-order valence-corrected chi connectivity index (χ3v) is 10.8. The summed E-state index contributed by atoms with van der Waals surface area (Å²) >= 11 is 1.77. The summed E-state index contributed by atoms with van der Waals surface area (Å²) in [5, 5.41) is 1.14. The van der Waals surface area contributed by atoms with E-state index in [9.17, 15) is 8.42 Å². The van der Waals surface area contributed by atoms with Gasteiger partial charge in [0, 0.05) is 35.9 Å². The van der Waals surface area contributed by atoms with E-state index in [1.807, 2.05) is 26.0 Å². The maximum absolute atomic E-state index is 13.0. The fraction of sp³-hybridized carbons (Fsp3) is 0.500. The van der Waals surface area contributed by atoms with Crippen molar-refractivity contribution in [3.8, 4) is 11.4 Å². The molecule has 6 nitrogen and oxygen atoms in total. The van der Waals surface area contributed by atoms with Crippen molar-refractivity contribution in [2.24, 2.45) is 0 Å². The highest BCUT2D eigenvalue weighted by molar-refractivity contribution is 7.92. The van der Waals surface area contributed by atoms with Crippen LogP contribution in [-0.2, 0) is 22.7 Å². The van der Waals surface area contributed by atoms with Gasteiger partial charge in [-0.1, -0.05) is 13.8 Å².